The van der Waals surface area contributed by atoms with Crippen molar-refractivity contribution in [2.75, 3.05) is 20.2 Å². The molecule has 1 aliphatic heterocycles. The number of piperidine rings is 1. The van der Waals surface area contributed by atoms with Crippen molar-refractivity contribution in [3.05, 3.63) is 35.4 Å². The first-order valence-corrected chi connectivity index (χ1v) is 7.96. The van der Waals surface area contributed by atoms with Gasteiger partial charge < -0.3 is 4.74 Å². The van der Waals surface area contributed by atoms with Crippen LogP contribution in [0.1, 0.15) is 37.8 Å². The SMILES string of the molecule is COC(=O)Cc1ccccc1CN1CCC(C(C)C)CC1. The summed E-state index contributed by atoms with van der Waals surface area (Å²) in [6, 6.07) is 8.21. The lowest BCUT2D eigenvalue weighted by Gasteiger charge is -2.34. The summed E-state index contributed by atoms with van der Waals surface area (Å²) in [6.45, 7) is 7.92. The molecule has 1 fully saturated rings. The minimum atomic E-state index is -0.166. The van der Waals surface area contributed by atoms with Gasteiger partial charge in [0.05, 0.1) is 13.5 Å². The van der Waals surface area contributed by atoms with Crippen LogP contribution in [0.5, 0.6) is 0 Å². The molecule has 3 nitrogen and oxygen atoms in total. The van der Waals surface area contributed by atoms with E-state index in [4.69, 9.17) is 4.74 Å². The highest BCUT2D eigenvalue weighted by Gasteiger charge is 2.22. The average molecular weight is 289 g/mol. The summed E-state index contributed by atoms with van der Waals surface area (Å²) < 4.78 is 4.79. The average Bonchev–Trinajstić information content (AvgIpc) is 2.49. The van der Waals surface area contributed by atoms with Gasteiger partial charge >= 0.3 is 5.97 Å². The van der Waals surface area contributed by atoms with Crippen molar-refractivity contribution in [3.63, 3.8) is 0 Å². The van der Waals surface area contributed by atoms with Crippen LogP contribution in [0, 0.1) is 11.8 Å². The molecule has 1 saturated heterocycles. The predicted octanol–water partition coefficient (Wildman–Crippen LogP) is 3.27. The monoisotopic (exact) mass is 289 g/mol. The highest BCUT2D eigenvalue weighted by molar-refractivity contribution is 5.72. The summed E-state index contributed by atoms with van der Waals surface area (Å²) in [6.07, 6.45) is 2.95. The van der Waals surface area contributed by atoms with Gasteiger partial charge in [0.2, 0.25) is 0 Å². The molecule has 0 saturated carbocycles. The fourth-order valence-corrected chi connectivity index (χ4v) is 3.13. The third-order valence-electron chi connectivity index (χ3n) is 4.65. The molecule has 0 aliphatic carbocycles. The van der Waals surface area contributed by atoms with Gasteiger partial charge in [-0.05, 0) is 48.9 Å². The maximum absolute atomic E-state index is 11.5. The number of hydrogen-bond acceptors (Lipinski definition) is 3. The highest BCUT2D eigenvalue weighted by atomic mass is 16.5. The fourth-order valence-electron chi connectivity index (χ4n) is 3.13. The summed E-state index contributed by atoms with van der Waals surface area (Å²) in [5.41, 5.74) is 2.35. The number of esters is 1. The number of rotatable bonds is 5. The second-order valence-electron chi connectivity index (χ2n) is 6.38. The number of nitrogens with zero attached hydrogens (tertiary/aromatic N) is 1. The molecule has 21 heavy (non-hydrogen) atoms. The van der Waals surface area contributed by atoms with Gasteiger partial charge in [0.25, 0.3) is 0 Å². The first-order chi connectivity index (χ1) is 10.1. The van der Waals surface area contributed by atoms with E-state index in [0.717, 1.165) is 37.0 Å². The zero-order chi connectivity index (χ0) is 15.2. The maximum Gasteiger partial charge on any atom is 0.309 e. The Morgan fingerprint density at radius 3 is 2.43 bits per heavy atom. The Morgan fingerprint density at radius 2 is 1.86 bits per heavy atom. The van der Waals surface area contributed by atoms with Crippen LogP contribution in [0.25, 0.3) is 0 Å². The quantitative estimate of drug-likeness (QED) is 0.779. The van der Waals surface area contributed by atoms with Crippen LogP contribution >= 0.6 is 0 Å². The molecule has 116 valence electrons. The molecule has 0 amide bonds. The molecule has 0 spiro atoms. The van der Waals surface area contributed by atoms with Gasteiger partial charge in [-0.3, -0.25) is 9.69 Å². The van der Waals surface area contributed by atoms with E-state index < -0.39 is 0 Å². The Kier molecular flexibility index (Phi) is 5.80. The molecule has 1 aromatic rings. The molecule has 2 rings (SSSR count). The van der Waals surface area contributed by atoms with Gasteiger partial charge in [-0.15, -0.1) is 0 Å². The summed E-state index contributed by atoms with van der Waals surface area (Å²) in [4.78, 5) is 14.0. The largest absolute Gasteiger partial charge is 0.469 e. The van der Waals surface area contributed by atoms with Crippen molar-refractivity contribution in [1.29, 1.82) is 0 Å². The van der Waals surface area contributed by atoms with Crippen LogP contribution in [0.3, 0.4) is 0 Å². The zero-order valence-electron chi connectivity index (χ0n) is 13.5. The minimum Gasteiger partial charge on any atom is -0.469 e. The number of carbonyl (C=O) groups is 1. The predicted molar refractivity (Wildman–Crippen MR) is 85.0 cm³/mol. The summed E-state index contributed by atoms with van der Waals surface area (Å²) in [5, 5.41) is 0. The summed E-state index contributed by atoms with van der Waals surface area (Å²) in [5.74, 6) is 1.49. The molecule has 0 aromatic heterocycles. The third kappa shape index (κ3) is 4.57. The molecule has 1 aliphatic rings. The number of benzene rings is 1. The second-order valence-corrected chi connectivity index (χ2v) is 6.38. The lowest BCUT2D eigenvalue weighted by molar-refractivity contribution is -0.139. The van der Waals surface area contributed by atoms with Gasteiger partial charge in [0.1, 0.15) is 0 Å². The van der Waals surface area contributed by atoms with E-state index in [-0.39, 0.29) is 5.97 Å². The van der Waals surface area contributed by atoms with Crippen LogP contribution in [-0.2, 0) is 22.5 Å². The Labute approximate surface area is 128 Å². The Morgan fingerprint density at radius 1 is 1.24 bits per heavy atom. The van der Waals surface area contributed by atoms with Gasteiger partial charge in [0.15, 0.2) is 0 Å². The van der Waals surface area contributed by atoms with Crippen molar-refractivity contribution in [1.82, 2.24) is 4.90 Å². The number of ether oxygens (including phenoxy) is 1. The van der Waals surface area contributed by atoms with Crippen LogP contribution in [0.4, 0.5) is 0 Å². The smallest absolute Gasteiger partial charge is 0.309 e. The van der Waals surface area contributed by atoms with Crippen molar-refractivity contribution in [2.45, 2.75) is 39.7 Å². The lowest BCUT2D eigenvalue weighted by atomic mass is 9.86. The van der Waals surface area contributed by atoms with Gasteiger partial charge in [-0.2, -0.15) is 0 Å². The Hall–Kier alpha value is -1.35. The van der Waals surface area contributed by atoms with Crippen LogP contribution in [0.2, 0.25) is 0 Å². The van der Waals surface area contributed by atoms with E-state index >= 15 is 0 Å². The second kappa shape index (κ2) is 7.60. The Balaban J connectivity index is 1.96. The van der Waals surface area contributed by atoms with E-state index in [1.165, 1.54) is 25.5 Å². The molecule has 1 heterocycles. The number of methoxy groups -OCH3 is 1. The topological polar surface area (TPSA) is 29.5 Å². The van der Waals surface area contributed by atoms with Crippen molar-refractivity contribution < 1.29 is 9.53 Å². The first kappa shape index (κ1) is 16.0. The van der Waals surface area contributed by atoms with E-state index in [9.17, 15) is 4.79 Å². The lowest BCUT2D eigenvalue weighted by Crippen LogP contribution is -2.35. The van der Waals surface area contributed by atoms with Crippen LogP contribution in [-0.4, -0.2) is 31.1 Å². The number of carbonyl (C=O) groups excluding carboxylic acids is 1. The fraction of sp³-hybridized carbons (Fsp3) is 0.611. The minimum absolute atomic E-state index is 0.166. The van der Waals surface area contributed by atoms with Gasteiger partial charge in [-0.25, -0.2) is 0 Å². The number of hydrogen-bond donors (Lipinski definition) is 0. The van der Waals surface area contributed by atoms with E-state index in [1.807, 2.05) is 12.1 Å². The van der Waals surface area contributed by atoms with E-state index in [1.54, 1.807) is 0 Å². The van der Waals surface area contributed by atoms with Crippen LogP contribution < -0.4 is 0 Å². The molecular formula is C18H27NO2. The number of likely N-dealkylation sites (tertiary alicyclic amines) is 1. The molecule has 3 heteroatoms. The Bertz CT molecular complexity index is 462. The van der Waals surface area contributed by atoms with Gasteiger partial charge in [0, 0.05) is 6.54 Å². The molecule has 1 aromatic carbocycles. The highest BCUT2D eigenvalue weighted by Crippen LogP contribution is 2.25. The molecule has 0 unspecified atom stereocenters. The molecule has 0 bridgehead atoms. The normalized spacial score (nSPS) is 17.1. The third-order valence-corrected chi connectivity index (χ3v) is 4.65. The van der Waals surface area contributed by atoms with Crippen LogP contribution in [0.15, 0.2) is 24.3 Å². The standard InChI is InChI=1S/C18H27NO2/c1-14(2)15-8-10-19(11-9-15)13-17-7-5-4-6-16(17)12-18(20)21-3/h4-7,14-15H,8-13H2,1-3H3. The first-order valence-electron chi connectivity index (χ1n) is 7.96. The molecule has 0 atom stereocenters. The van der Waals surface area contributed by atoms with Crippen molar-refractivity contribution in [2.24, 2.45) is 11.8 Å². The zero-order valence-corrected chi connectivity index (χ0v) is 13.5. The molecule has 0 radical (unpaired) electrons. The summed E-state index contributed by atoms with van der Waals surface area (Å²) in [7, 11) is 1.45. The van der Waals surface area contributed by atoms with E-state index in [2.05, 4.69) is 30.9 Å². The molecular weight excluding hydrogens is 262 g/mol. The van der Waals surface area contributed by atoms with E-state index in [0.29, 0.717) is 6.42 Å². The van der Waals surface area contributed by atoms with Gasteiger partial charge in [-0.1, -0.05) is 38.1 Å². The maximum atomic E-state index is 11.5. The molecule has 0 N–H and O–H groups in total. The van der Waals surface area contributed by atoms with Crippen molar-refractivity contribution in [3.8, 4) is 0 Å². The summed E-state index contributed by atoms with van der Waals surface area (Å²) >= 11 is 0. The van der Waals surface area contributed by atoms with Crippen molar-refractivity contribution >= 4 is 5.97 Å².